The average Bonchev–Trinajstić information content (AvgIpc) is 3.30. The Bertz CT molecular complexity index is 1420. The van der Waals surface area contributed by atoms with Crippen molar-refractivity contribution in [2.24, 2.45) is 4.99 Å². The molecule has 0 spiro atoms. The van der Waals surface area contributed by atoms with Crippen LogP contribution in [0.15, 0.2) is 58.3 Å². The molecule has 1 fully saturated rings. The van der Waals surface area contributed by atoms with E-state index in [0.29, 0.717) is 40.8 Å². The van der Waals surface area contributed by atoms with E-state index < -0.39 is 22.6 Å². The number of hydrogen-bond donors (Lipinski definition) is 2. The number of morpholine rings is 1. The van der Waals surface area contributed by atoms with E-state index in [0.717, 1.165) is 23.3 Å². The van der Waals surface area contributed by atoms with Gasteiger partial charge >= 0.3 is 4.87 Å². The minimum atomic E-state index is -0.537. The van der Waals surface area contributed by atoms with Gasteiger partial charge in [-0.05, 0) is 30.3 Å². The molecule has 0 atom stereocenters. The number of para-hydroxylation sites is 1. The highest BCUT2D eigenvalue weighted by atomic mass is 32.1. The van der Waals surface area contributed by atoms with Gasteiger partial charge in [0.1, 0.15) is 11.4 Å². The summed E-state index contributed by atoms with van der Waals surface area (Å²) in [5.41, 5.74) is 1.78. The highest BCUT2D eigenvalue weighted by Crippen LogP contribution is 2.28. The summed E-state index contributed by atoms with van der Waals surface area (Å²) in [4.78, 5) is 43.2. The smallest absolute Gasteiger partial charge is 0.311 e. The SMILES string of the molecule is O=C(Cn1c(O)c(C2=c3ccccc3=NC2=O)sc1=O)Nc1ccc(N2CCOCC2)cc1. The lowest BCUT2D eigenvalue weighted by Crippen LogP contribution is -2.36. The molecule has 0 unspecified atom stereocenters. The van der Waals surface area contributed by atoms with Gasteiger partial charge < -0.3 is 20.1 Å². The lowest BCUT2D eigenvalue weighted by molar-refractivity contribution is -0.117. The number of anilines is 2. The van der Waals surface area contributed by atoms with Crippen molar-refractivity contribution in [2.45, 2.75) is 6.54 Å². The first-order chi connectivity index (χ1) is 16.0. The van der Waals surface area contributed by atoms with Gasteiger partial charge in [0.25, 0.3) is 5.91 Å². The summed E-state index contributed by atoms with van der Waals surface area (Å²) in [5, 5.41) is 14.4. The van der Waals surface area contributed by atoms with Crippen LogP contribution in [0.25, 0.3) is 5.57 Å². The molecule has 3 heterocycles. The molecule has 2 aromatic carbocycles. The van der Waals surface area contributed by atoms with Gasteiger partial charge in [0, 0.05) is 29.7 Å². The maximum atomic E-state index is 12.6. The standard InChI is InChI=1S/C23H20N4O5S/c28-18(24-14-5-7-15(8-6-14)26-9-11-32-12-10-26)13-27-22(30)20(33-23(27)31)19-16-3-1-2-4-17(16)25-21(19)29/h1-8,30H,9-13H2,(H,24,28). The molecule has 0 saturated carbocycles. The zero-order valence-electron chi connectivity index (χ0n) is 17.5. The van der Waals surface area contributed by atoms with Crippen molar-refractivity contribution in [1.82, 2.24) is 4.57 Å². The van der Waals surface area contributed by atoms with Crippen molar-refractivity contribution in [3.05, 3.63) is 73.7 Å². The molecule has 2 amide bonds. The Balaban J connectivity index is 1.34. The van der Waals surface area contributed by atoms with E-state index in [4.69, 9.17) is 4.74 Å². The summed E-state index contributed by atoms with van der Waals surface area (Å²) in [5.74, 6) is -1.41. The number of nitrogens with zero attached hydrogens (tertiary/aromatic N) is 3. The highest BCUT2D eigenvalue weighted by Gasteiger charge is 2.26. The van der Waals surface area contributed by atoms with Gasteiger partial charge in [0.05, 0.1) is 24.1 Å². The van der Waals surface area contributed by atoms with E-state index in [1.807, 2.05) is 12.1 Å². The second-order valence-corrected chi connectivity index (χ2v) is 8.57. The maximum absolute atomic E-state index is 12.6. The fourth-order valence-corrected chi connectivity index (χ4v) is 4.84. The van der Waals surface area contributed by atoms with Crippen molar-refractivity contribution < 1.29 is 19.4 Å². The van der Waals surface area contributed by atoms with Crippen LogP contribution in [-0.4, -0.2) is 47.8 Å². The third-order valence-electron chi connectivity index (χ3n) is 5.53. The van der Waals surface area contributed by atoms with Crippen LogP contribution >= 0.6 is 11.3 Å². The third kappa shape index (κ3) is 4.06. The molecule has 10 heteroatoms. The number of amides is 2. The third-order valence-corrected chi connectivity index (χ3v) is 6.52. The number of fused-ring (bicyclic) bond motifs is 1. The lowest BCUT2D eigenvalue weighted by Gasteiger charge is -2.28. The largest absolute Gasteiger partial charge is 0.493 e. The number of aromatic nitrogens is 1. The van der Waals surface area contributed by atoms with Crippen LogP contribution in [0.3, 0.4) is 0 Å². The van der Waals surface area contributed by atoms with E-state index in [1.165, 1.54) is 0 Å². The number of aromatic hydroxyl groups is 1. The van der Waals surface area contributed by atoms with Crippen molar-refractivity contribution in [1.29, 1.82) is 0 Å². The van der Waals surface area contributed by atoms with E-state index in [9.17, 15) is 19.5 Å². The van der Waals surface area contributed by atoms with Gasteiger partial charge in [0.15, 0.2) is 0 Å². The van der Waals surface area contributed by atoms with Crippen LogP contribution in [0.4, 0.5) is 11.4 Å². The summed E-state index contributed by atoms with van der Waals surface area (Å²) in [6.45, 7) is 2.61. The van der Waals surface area contributed by atoms with Crippen LogP contribution < -0.4 is 25.7 Å². The Hall–Kier alpha value is -3.76. The van der Waals surface area contributed by atoms with Gasteiger partial charge in [-0.15, -0.1) is 0 Å². The molecule has 2 aliphatic rings. The quantitative estimate of drug-likeness (QED) is 0.567. The fraction of sp³-hybridized carbons (Fsp3) is 0.217. The highest BCUT2D eigenvalue weighted by molar-refractivity contribution is 7.11. The van der Waals surface area contributed by atoms with Crippen LogP contribution in [-0.2, 0) is 20.9 Å². The summed E-state index contributed by atoms with van der Waals surface area (Å²) in [6.07, 6.45) is 0. The number of hydrogen-bond acceptors (Lipinski definition) is 7. The zero-order valence-corrected chi connectivity index (χ0v) is 18.3. The molecule has 0 aliphatic carbocycles. The number of carbonyl (C=O) groups is 2. The molecular weight excluding hydrogens is 444 g/mol. The van der Waals surface area contributed by atoms with Crippen molar-refractivity contribution in [2.75, 3.05) is 36.5 Å². The van der Waals surface area contributed by atoms with Gasteiger partial charge in [-0.1, -0.05) is 29.5 Å². The van der Waals surface area contributed by atoms with Gasteiger partial charge in [0.2, 0.25) is 11.8 Å². The van der Waals surface area contributed by atoms with E-state index >= 15 is 0 Å². The first-order valence-electron chi connectivity index (χ1n) is 10.4. The molecule has 5 rings (SSSR count). The van der Waals surface area contributed by atoms with E-state index in [1.54, 1.807) is 36.4 Å². The number of thiazole rings is 1. The van der Waals surface area contributed by atoms with Crippen molar-refractivity contribution in [3.8, 4) is 5.88 Å². The fourth-order valence-electron chi connectivity index (χ4n) is 3.90. The Morgan fingerprint density at radius 2 is 1.82 bits per heavy atom. The number of ether oxygens (including phenoxy) is 1. The molecule has 1 aromatic heterocycles. The minimum absolute atomic E-state index is 0.112. The second kappa shape index (κ2) is 8.64. The van der Waals surface area contributed by atoms with E-state index in [-0.39, 0.29) is 17.0 Å². The lowest BCUT2D eigenvalue weighted by atomic mass is 10.1. The summed E-state index contributed by atoms with van der Waals surface area (Å²) in [6, 6.07) is 14.3. The Labute approximate surface area is 191 Å². The summed E-state index contributed by atoms with van der Waals surface area (Å²) < 4.78 is 6.32. The maximum Gasteiger partial charge on any atom is 0.311 e. The molecule has 168 valence electrons. The molecule has 2 N–H and O–H groups in total. The summed E-state index contributed by atoms with van der Waals surface area (Å²) >= 11 is 0.715. The van der Waals surface area contributed by atoms with Crippen molar-refractivity contribution >= 4 is 40.1 Å². The van der Waals surface area contributed by atoms with Crippen LogP contribution in [0, 0.1) is 0 Å². The molecule has 2 aliphatic heterocycles. The number of carbonyl (C=O) groups excluding carboxylic acids is 2. The molecule has 0 bridgehead atoms. The molecule has 33 heavy (non-hydrogen) atoms. The first-order valence-corrected chi connectivity index (χ1v) is 11.2. The molecule has 0 radical (unpaired) electrons. The molecular formula is C23H20N4O5S. The van der Waals surface area contributed by atoms with Gasteiger partial charge in [-0.25, -0.2) is 4.99 Å². The topological polar surface area (TPSA) is 113 Å². The predicted octanol–water partition coefficient (Wildman–Crippen LogP) is 0.449. The first kappa shape index (κ1) is 21.1. The van der Waals surface area contributed by atoms with Crippen LogP contribution in [0.5, 0.6) is 5.88 Å². The van der Waals surface area contributed by atoms with Gasteiger partial charge in [-0.2, -0.15) is 0 Å². The number of benzene rings is 2. The Morgan fingerprint density at radius 1 is 1.09 bits per heavy atom. The minimum Gasteiger partial charge on any atom is -0.493 e. The molecule has 1 saturated heterocycles. The number of nitrogens with one attached hydrogen (secondary N) is 1. The average molecular weight is 465 g/mol. The molecule has 9 nitrogen and oxygen atoms in total. The van der Waals surface area contributed by atoms with E-state index in [2.05, 4.69) is 15.2 Å². The Kier molecular flexibility index (Phi) is 5.53. The monoisotopic (exact) mass is 464 g/mol. The second-order valence-electron chi connectivity index (χ2n) is 7.61. The predicted molar refractivity (Wildman–Crippen MR) is 123 cm³/mol. The Morgan fingerprint density at radius 3 is 2.58 bits per heavy atom. The van der Waals surface area contributed by atoms with Crippen LogP contribution in [0.2, 0.25) is 0 Å². The van der Waals surface area contributed by atoms with Gasteiger partial charge in [-0.3, -0.25) is 19.0 Å². The van der Waals surface area contributed by atoms with Crippen LogP contribution in [0.1, 0.15) is 4.88 Å². The number of rotatable bonds is 5. The molecule has 3 aromatic rings. The zero-order chi connectivity index (χ0) is 22.9. The summed E-state index contributed by atoms with van der Waals surface area (Å²) in [7, 11) is 0. The normalized spacial score (nSPS) is 15.3. The van der Waals surface area contributed by atoms with Crippen molar-refractivity contribution in [3.63, 3.8) is 0 Å².